The van der Waals surface area contributed by atoms with E-state index in [1.807, 2.05) is 118 Å². The average Bonchev–Trinajstić information content (AvgIpc) is 1.48. The lowest BCUT2D eigenvalue weighted by Gasteiger charge is -2.48. The zero-order chi connectivity index (χ0) is 75.2. The summed E-state index contributed by atoms with van der Waals surface area (Å²) in [5.41, 5.74) is -6.16. The summed E-state index contributed by atoms with van der Waals surface area (Å²) in [7, 11) is -14.3. The number of thioether (sulfide) groups is 4. The van der Waals surface area contributed by atoms with Gasteiger partial charge in [0.25, 0.3) is 40.5 Å². The van der Waals surface area contributed by atoms with Crippen LogP contribution in [-0.2, 0) is 115 Å². The highest BCUT2D eigenvalue weighted by molar-refractivity contribution is 8.15. The number of carbonyl (C=O) groups excluding carboxylic acids is 8. The minimum Gasteiger partial charge on any atom is -0.459 e. The molecule has 0 spiro atoms. The van der Waals surface area contributed by atoms with Gasteiger partial charge < -0.3 is 18.9 Å². The van der Waals surface area contributed by atoms with E-state index in [1.54, 1.807) is 20.8 Å². The van der Waals surface area contributed by atoms with E-state index in [9.17, 15) is 72.0 Å². The van der Waals surface area contributed by atoms with Gasteiger partial charge in [-0.05, 0) is 96.3 Å². The van der Waals surface area contributed by atoms with Crippen molar-refractivity contribution >= 4 is 132 Å². The molecule has 0 aromatic rings. The molecule has 8 bridgehead atoms. The maximum Gasteiger partial charge on any atom is 0.317 e. The molecule has 0 aromatic carbocycles. The highest BCUT2D eigenvalue weighted by atomic mass is 32.2. The Kier molecular flexibility index (Phi) is 22.4. The molecule has 0 N–H and O–H groups in total. The van der Waals surface area contributed by atoms with Crippen LogP contribution in [-0.4, -0.2) is 169 Å². The van der Waals surface area contributed by atoms with Gasteiger partial charge in [0.05, 0.1) is 44.0 Å². The van der Waals surface area contributed by atoms with Gasteiger partial charge in [0, 0.05) is 68.0 Å². The molecule has 12 rings (SSSR count). The largest absolute Gasteiger partial charge is 0.459 e. The van der Waals surface area contributed by atoms with E-state index < -0.39 is 165 Å². The van der Waals surface area contributed by atoms with Crippen molar-refractivity contribution in [2.24, 2.45) is 79.3 Å². The molecule has 0 radical (unpaired) electrons. The number of rotatable bonds is 20. The van der Waals surface area contributed by atoms with Crippen LogP contribution < -0.4 is 0 Å². The quantitative estimate of drug-likeness (QED) is 0.0621. The molecule has 4 saturated heterocycles. The van der Waals surface area contributed by atoms with Crippen LogP contribution in [0.1, 0.15) is 203 Å². The second kappa shape index (κ2) is 27.4. The third-order valence-electron chi connectivity index (χ3n) is 26.4. The second-order valence-corrected chi connectivity index (χ2v) is 44.7. The average molecular weight is 1560 g/mol. The van der Waals surface area contributed by atoms with Gasteiger partial charge in [0.1, 0.15) is 47.3 Å². The molecule has 21 atom stereocenters. The van der Waals surface area contributed by atoms with Crippen LogP contribution in [0.15, 0.2) is 0 Å². The van der Waals surface area contributed by atoms with Gasteiger partial charge in [-0.25, -0.2) is 0 Å². The predicted octanol–water partition coefficient (Wildman–Crippen LogP) is 9.76. The zero-order valence-electron chi connectivity index (χ0n) is 61.2. The van der Waals surface area contributed by atoms with Crippen LogP contribution >= 0.6 is 47.0 Å². The summed E-state index contributed by atoms with van der Waals surface area (Å²) in [5.74, 6) is -2.55. The first-order valence-electron chi connectivity index (χ1n) is 34.8. The number of carbonyl (C=O) groups is 8. The maximum atomic E-state index is 12.6. The molecular formula is C68H104O24S8. The van der Waals surface area contributed by atoms with Gasteiger partial charge in [-0.15, -0.1) is 0 Å². The Hall–Kier alpha value is -2.40. The summed E-state index contributed by atoms with van der Waals surface area (Å²) < 4.78 is 142. The molecular weight excluding hydrogens is 1460 g/mol. The normalized spacial score (nSPS) is 40.1. The number of ether oxygens (including phenoxy) is 4. The van der Waals surface area contributed by atoms with Gasteiger partial charge in [-0.2, -0.15) is 33.7 Å². The highest BCUT2D eigenvalue weighted by Gasteiger charge is 2.84. The summed E-state index contributed by atoms with van der Waals surface area (Å²) in [4.78, 5) is 97.8. The second-order valence-electron chi connectivity index (χ2n) is 33.9. The molecule has 12 aliphatic rings. The van der Waals surface area contributed by atoms with E-state index in [4.69, 9.17) is 35.7 Å². The molecule has 4 heterocycles. The van der Waals surface area contributed by atoms with Gasteiger partial charge >= 0.3 is 23.9 Å². The van der Waals surface area contributed by atoms with Crippen LogP contribution in [0.3, 0.4) is 0 Å². The first-order chi connectivity index (χ1) is 45.6. The predicted molar refractivity (Wildman–Crippen MR) is 378 cm³/mol. The Labute approximate surface area is 608 Å². The SMILES string of the molecule is CCC(C)(C)C(=O)SCC(=O)OC1(C)C2(C)CC3C(C2C)C1(C)OS3(=O)=O.CCC(C)(C)C(=O)SCC(=O)OC1(C)C2CC3C1OS(=O)(=O)C3C2.CCC(C)(C)C(=O)SCC(=O)OC1C2CC3C(C)(C2)C1OS3(=O)=O.CCC(C)(C)C(=O)SCC(=O)OC1C2OS(=O)(=O)C3CC1C(C)(C)C23. The first-order valence-corrected chi connectivity index (χ1v) is 44.6. The fourth-order valence-electron chi connectivity index (χ4n) is 18.1. The van der Waals surface area contributed by atoms with E-state index in [1.165, 1.54) is 0 Å². The third kappa shape index (κ3) is 13.8. The number of hydrogen-bond acceptors (Lipinski definition) is 28. The van der Waals surface area contributed by atoms with Crippen LogP contribution in [0.25, 0.3) is 0 Å². The van der Waals surface area contributed by atoms with E-state index in [-0.39, 0.29) is 90.3 Å². The van der Waals surface area contributed by atoms with E-state index in [0.717, 1.165) is 47.0 Å². The van der Waals surface area contributed by atoms with Crippen molar-refractivity contribution in [2.45, 2.75) is 271 Å². The first kappa shape index (κ1) is 81.7. The zero-order valence-corrected chi connectivity index (χ0v) is 67.7. The van der Waals surface area contributed by atoms with Crippen molar-refractivity contribution in [3.8, 4) is 0 Å². The van der Waals surface area contributed by atoms with Crippen molar-refractivity contribution in [1.29, 1.82) is 0 Å². The molecule has 4 aliphatic heterocycles. The number of esters is 4. The molecule has 21 unspecified atom stereocenters. The standard InChI is InChI=1S/C19H30O6S2.C17H26O6S2.2C16H24O6S2/c1-8-16(3,4)15(21)26-10-13(20)24-19(7)17(5)9-12-14(11(17)2)18(19,6)25-27(12,22)23;1-6-16(2,3)15(19)24-8-11(18)22-13-9-7-10-12(17(9,4)5)14(13)23-25(10,20)21;1-5-15(2,3)14(18)23-8-11(17)21-12-9-6-10-16(4,7-9)13(12)22-24(10,19)20;1-5-15(2,3)14(18)23-8-12(17)21-16(4)9-6-10-11(7-9)24(19,20)22-13(10)16/h11-12,14H,8-10H2,1-7H3;9-10,12-14H,6-8H2,1-5H3;9-10,12-13H,5-8H2,1-4H3;9-11,13H,5-8H2,1-4H3. The Morgan fingerprint density at radius 1 is 0.480 bits per heavy atom. The monoisotopic (exact) mass is 1560 g/mol. The number of hydrogen-bond donors (Lipinski definition) is 0. The van der Waals surface area contributed by atoms with Crippen molar-refractivity contribution in [1.82, 2.24) is 0 Å². The Morgan fingerprint density at radius 2 is 0.920 bits per heavy atom. The Bertz CT molecular complexity index is 3790. The van der Waals surface area contributed by atoms with Crippen LogP contribution in [0, 0.1) is 79.3 Å². The summed E-state index contributed by atoms with van der Waals surface area (Å²) in [6.45, 7) is 37.8. The van der Waals surface area contributed by atoms with Crippen molar-refractivity contribution < 1.29 is 108 Å². The van der Waals surface area contributed by atoms with E-state index >= 15 is 0 Å². The molecule has 12 fully saturated rings. The molecule has 100 heavy (non-hydrogen) atoms. The molecule has 8 saturated carbocycles. The van der Waals surface area contributed by atoms with Crippen LogP contribution in [0.4, 0.5) is 0 Å². The number of fused-ring (bicyclic) bond motifs is 4. The minimum atomic E-state index is -3.67. The lowest BCUT2D eigenvalue weighted by atomic mass is 9.66. The summed E-state index contributed by atoms with van der Waals surface area (Å²) in [5, 5.41) is -2.10. The molecule has 8 aliphatic carbocycles. The van der Waals surface area contributed by atoms with Crippen molar-refractivity contribution in [3.63, 3.8) is 0 Å². The minimum absolute atomic E-state index is 0.00603. The van der Waals surface area contributed by atoms with Gasteiger partial charge in [0.2, 0.25) is 0 Å². The fourth-order valence-corrected chi connectivity index (χ4v) is 29.8. The molecule has 24 nitrogen and oxygen atoms in total. The third-order valence-corrected chi connectivity index (χ3v) is 38.3. The summed E-state index contributed by atoms with van der Waals surface area (Å²) in [6.07, 6.45) is 3.27. The topological polar surface area (TPSA) is 347 Å². The van der Waals surface area contributed by atoms with Crippen molar-refractivity contribution in [2.75, 3.05) is 23.0 Å². The van der Waals surface area contributed by atoms with Gasteiger partial charge in [-0.3, -0.25) is 55.1 Å². The lowest BCUT2D eigenvalue weighted by Crippen LogP contribution is -2.60. The lowest BCUT2D eigenvalue weighted by molar-refractivity contribution is -0.200. The molecule has 0 amide bonds. The molecule has 568 valence electrons. The van der Waals surface area contributed by atoms with Crippen LogP contribution in [0.2, 0.25) is 0 Å². The Morgan fingerprint density at radius 3 is 1.40 bits per heavy atom. The molecule has 0 aromatic heterocycles. The van der Waals surface area contributed by atoms with E-state index in [0.29, 0.717) is 64.2 Å². The smallest absolute Gasteiger partial charge is 0.317 e. The van der Waals surface area contributed by atoms with Gasteiger partial charge in [0.15, 0.2) is 20.5 Å². The Balaban J connectivity index is 0.000000156. The van der Waals surface area contributed by atoms with E-state index in [2.05, 4.69) is 0 Å². The van der Waals surface area contributed by atoms with Gasteiger partial charge in [-0.1, -0.05) is 165 Å². The maximum absolute atomic E-state index is 12.6. The summed E-state index contributed by atoms with van der Waals surface area (Å²) in [6, 6.07) is 0. The fraction of sp³-hybridized carbons (Fsp3) is 0.882. The molecule has 32 heteroatoms. The highest BCUT2D eigenvalue weighted by Crippen LogP contribution is 2.74. The van der Waals surface area contributed by atoms with Crippen molar-refractivity contribution in [3.05, 3.63) is 0 Å². The van der Waals surface area contributed by atoms with Crippen LogP contribution in [0.5, 0.6) is 0 Å². The summed E-state index contributed by atoms with van der Waals surface area (Å²) >= 11 is 3.86.